The van der Waals surface area contributed by atoms with E-state index in [1.54, 1.807) is 32.8 Å². The third kappa shape index (κ3) is 3.98. The van der Waals surface area contributed by atoms with Crippen LogP contribution in [-0.2, 0) is 0 Å². The van der Waals surface area contributed by atoms with Crippen LogP contribution < -0.4 is 19.9 Å². The first kappa shape index (κ1) is 21.6. The van der Waals surface area contributed by atoms with Gasteiger partial charge in [-0.15, -0.1) is 0 Å². The number of ether oxygens (including phenoxy) is 3. The summed E-state index contributed by atoms with van der Waals surface area (Å²) < 4.78 is 17.0. The zero-order valence-corrected chi connectivity index (χ0v) is 19.3. The maximum Gasteiger partial charge on any atom is 0.162 e. The van der Waals surface area contributed by atoms with E-state index in [-0.39, 0.29) is 11.5 Å². The molecule has 0 aliphatic carbocycles. The van der Waals surface area contributed by atoms with Gasteiger partial charge >= 0.3 is 0 Å². The molecular weight excluding hydrogens is 404 g/mol. The molecule has 4 rings (SSSR count). The van der Waals surface area contributed by atoms with Gasteiger partial charge in [0.1, 0.15) is 17.7 Å². The lowest BCUT2D eigenvalue weighted by molar-refractivity contribution is 0.103. The summed E-state index contributed by atoms with van der Waals surface area (Å²) in [6.45, 7) is 8.48. The second kappa shape index (κ2) is 8.15. The van der Waals surface area contributed by atoms with Crippen LogP contribution in [0.1, 0.15) is 27.7 Å². The van der Waals surface area contributed by atoms with E-state index in [1.807, 2.05) is 24.3 Å². The van der Waals surface area contributed by atoms with E-state index in [4.69, 9.17) is 19.9 Å². The van der Waals surface area contributed by atoms with Crippen molar-refractivity contribution in [2.45, 2.75) is 33.8 Å². The number of fused-ring (bicyclic) bond motifs is 3. The topological polar surface area (TPSA) is 92.4 Å². The van der Waals surface area contributed by atoms with E-state index in [9.17, 15) is 0 Å². The number of nitrogens with two attached hydrogens (primary N) is 1. The molecule has 0 aliphatic rings. The Kier molecular flexibility index (Phi) is 5.50. The molecule has 0 amide bonds. The average molecular weight is 433 g/mol. The lowest BCUT2D eigenvalue weighted by Gasteiger charge is -2.27. The summed E-state index contributed by atoms with van der Waals surface area (Å²) >= 11 is 0. The molecular formula is C25H28N4O3. The molecule has 0 saturated carbocycles. The van der Waals surface area contributed by atoms with Gasteiger partial charge in [0, 0.05) is 34.8 Å². The Labute approximate surface area is 187 Å². The van der Waals surface area contributed by atoms with Crippen LogP contribution in [0.25, 0.3) is 32.9 Å². The van der Waals surface area contributed by atoms with Gasteiger partial charge in [-0.2, -0.15) is 0 Å². The zero-order chi connectivity index (χ0) is 23.0. The van der Waals surface area contributed by atoms with Crippen molar-refractivity contribution in [3.63, 3.8) is 0 Å². The van der Waals surface area contributed by atoms with Crippen molar-refractivity contribution in [3.05, 3.63) is 42.9 Å². The highest BCUT2D eigenvalue weighted by molar-refractivity contribution is 6.10. The Morgan fingerprint density at radius 3 is 2.28 bits per heavy atom. The Balaban J connectivity index is 1.85. The van der Waals surface area contributed by atoms with Gasteiger partial charge in [-0.05, 0) is 35.9 Å². The number of benzene rings is 1. The second-order valence-electron chi connectivity index (χ2n) is 8.87. The monoisotopic (exact) mass is 432 g/mol. The van der Waals surface area contributed by atoms with E-state index in [2.05, 4.69) is 42.6 Å². The highest BCUT2D eigenvalue weighted by Crippen LogP contribution is 2.37. The van der Waals surface area contributed by atoms with Gasteiger partial charge in [0.05, 0.1) is 31.6 Å². The third-order valence-corrected chi connectivity index (χ3v) is 5.75. The molecule has 3 heterocycles. The molecule has 4 aromatic rings. The predicted molar refractivity (Wildman–Crippen MR) is 127 cm³/mol. The van der Waals surface area contributed by atoms with Crippen LogP contribution in [0.5, 0.6) is 17.2 Å². The highest BCUT2D eigenvalue weighted by atomic mass is 16.5. The fourth-order valence-corrected chi connectivity index (χ4v) is 3.41. The van der Waals surface area contributed by atoms with Crippen molar-refractivity contribution in [2.75, 3.05) is 20.0 Å². The van der Waals surface area contributed by atoms with Gasteiger partial charge in [0.25, 0.3) is 0 Å². The van der Waals surface area contributed by atoms with Crippen LogP contribution >= 0.6 is 0 Å². The van der Waals surface area contributed by atoms with Crippen molar-refractivity contribution >= 4 is 27.5 Å². The molecule has 2 N–H and O–H groups in total. The number of methoxy groups -OCH3 is 2. The molecule has 7 nitrogen and oxygen atoms in total. The number of hydrogen-bond donors (Lipinski definition) is 1. The van der Waals surface area contributed by atoms with Crippen LogP contribution in [-0.4, -0.2) is 35.3 Å². The number of nitrogen functional groups attached to an aromatic ring is 1. The molecule has 0 aliphatic heterocycles. The summed E-state index contributed by atoms with van der Waals surface area (Å²) in [5, 5.41) is 2.60. The lowest BCUT2D eigenvalue weighted by atomic mass is 9.90. The van der Waals surface area contributed by atoms with Gasteiger partial charge in [-0.1, -0.05) is 20.8 Å². The standard InChI is InChI=1S/C25H28N4O3/c1-14(25(2,3)4)32-16-7-15(11-27-12-16)20-8-17-18-9-22(30-5)23(31-6)10-21(18)28-13-19(17)24(26)29-20/h7-14H,1-6H3,(H2,26,29). The van der Waals surface area contributed by atoms with Gasteiger partial charge in [-0.25, -0.2) is 4.98 Å². The second-order valence-corrected chi connectivity index (χ2v) is 8.87. The van der Waals surface area contributed by atoms with Crippen molar-refractivity contribution in [1.82, 2.24) is 15.0 Å². The van der Waals surface area contributed by atoms with Crippen molar-refractivity contribution < 1.29 is 14.2 Å². The first-order chi connectivity index (χ1) is 15.2. The SMILES string of the molecule is COc1cc2ncc3c(N)nc(-c4cncc(OC(C)C(C)(C)C)c4)cc3c2cc1OC. The minimum Gasteiger partial charge on any atom is -0.493 e. The molecule has 32 heavy (non-hydrogen) atoms. The van der Waals surface area contributed by atoms with Crippen LogP contribution in [0.2, 0.25) is 0 Å². The highest BCUT2D eigenvalue weighted by Gasteiger charge is 2.22. The summed E-state index contributed by atoms with van der Waals surface area (Å²) in [6.07, 6.45) is 5.23. The maximum absolute atomic E-state index is 6.33. The summed E-state index contributed by atoms with van der Waals surface area (Å²) in [7, 11) is 3.21. The van der Waals surface area contributed by atoms with E-state index in [0.717, 1.165) is 27.2 Å². The molecule has 0 bridgehead atoms. The van der Waals surface area contributed by atoms with Crippen LogP contribution in [0, 0.1) is 5.41 Å². The number of nitrogens with zero attached hydrogens (tertiary/aromatic N) is 3. The number of anilines is 1. The minimum atomic E-state index is 0.00760. The van der Waals surface area contributed by atoms with E-state index < -0.39 is 0 Å². The summed E-state index contributed by atoms with van der Waals surface area (Å²) in [4.78, 5) is 13.5. The quantitative estimate of drug-likeness (QED) is 0.430. The van der Waals surface area contributed by atoms with Crippen LogP contribution in [0.3, 0.4) is 0 Å². The van der Waals surface area contributed by atoms with Gasteiger partial charge in [0.2, 0.25) is 0 Å². The summed E-state index contributed by atoms with van der Waals surface area (Å²) in [6, 6.07) is 7.70. The first-order valence-corrected chi connectivity index (χ1v) is 10.4. The lowest BCUT2D eigenvalue weighted by Crippen LogP contribution is -2.28. The van der Waals surface area contributed by atoms with Crippen molar-refractivity contribution in [2.24, 2.45) is 5.41 Å². The Bertz CT molecular complexity index is 1300. The smallest absolute Gasteiger partial charge is 0.162 e. The fraction of sp³-hybridized carbons (Fsp3) is 0.320. The molecule has 1 unspecified atom stereocenters. The Morgan fingerprint density at radius 2 is 1.59 bits per heavy atom. The number of pyridine rings is 3. The summed E-state index contributed by atoms with van der Waals surface area (Å²) in [5.41, 5.74) is 8.64. The van der Waals surface area contributed by atoms with Gasteiger partial charge < -0.3 is 19.9 Å². The third-order valence-electron chi connectivity index (χ3n) is 5.75. The van der Waals surface area contributed by atoms with E-state index >= 15 is 0 Å². The molecule has 0 radical (unpaired) electrons. The van der Waals surface area contributed by atoms with E-state index in [0.29, 0.717) is 28.8 Å². The minimum absolute atomic E-state index is 0.00760. The number of rotatable bonds is 5. The maximum atomic E-state index is 6.33. The van der Waals surface area contributed by atoms with Gasteiger partial charge in [0.15, 0.2) is 11.5 Å². The first-order valence-electron chi connectivity index (χ1n) is 10.4. The molecule has 0 spiro atoms. The molecule has 7 heteroatoms. The van der Waals surface area contributed by atoms with E-state index in [1.165, 1.54) is 0 Å². The van der Waals surface area contributed by atoms with Gasteiger partial charge in [-0.3, -0.25) is 9.97 Å². The molecule has 0 fully saturated rings. The van der Waals surface area contributed by atoms with Crippen molar-refractivity contribution in [1.29, 1.82) is 0 Å². The number of hydrogen-bond acceptors (Lipinski definition) is 7. The van der Waals surface area contributed by atoms with Crippen LogP contribution in [0.4, 0.5) is 5.82 Å². The Morgan fingerprint density at radius 1 is 0.875 bits per heavy atom. The predicted octanol–water partition coefficient (Wildman–Crippen LogP) is 5.26. The zero-order valence-electron chi connectivity index (χ0n) is 19.3. The molecule has 166 valence electrons. The molecule has 0 saturated heterocycles. The normalized spacial score (nSPS) is 12.7. The largest absolute Gasteiger partial charge is 0.493 e. The molecule has 1 aromatic carbocycles. The summed E-state index contributed by atoms with van der Waals surface area (Å²) in [5.74, 6) is 2.34. The van der Waals surface area contributed by atoms with Crippen molar-refractivity contribution in [3.8, 4) is 28.5 Å². The number of aromatic nitrogens is 3. The molecule has 3 aromatic heterocycles. The molecule has 1 atom stereocenters. The fourth-order valence-electron chi connectivity index (χ4n) is 3.41. The Hall–Kier alpha value is -3.61. The van der Waals surface area contributed by atoms with Crippen LogP contribution in [0.15, 0.2) is 42.9 Å². The average Bonchev–Trinajstić information content (AvgIpc) is 2.77.